The predicted molar refractivity (Wildman–Crippen MR) is 77.6 cm³/mol. The predicted octanol–water partition coefficient (Wildman–Crippen LogP) is 1.69. The molecule has 1 aromatic heterocycles. The molecule has 0 spiro atoms. The van der Waals surface area contributed by atoms with Crippen LogP contribution < -0.4 is 5.32 Å². The molecule has 0 radical (unpaired) electrons. The maximum Gasteiger partial charge on any atom is 0.147 e. The van der Waals surface area contributed by atoms with Gasteiger partial charge in [-0.2, -0.15) is 0 Å². The van der Waals surface area contributed by atoms with Crippen LogP contribution in [0.1, 0.15) is 23.7 Å². The van der Waals surface area contributed by atoms with Crippen LogP contribution in [0.15, 0.2) is 30.6 Å². The largest absolute Gasteiger partial charge is 0.385 e. The average Bonchev–Trinajstić information content (AvgIpc) is 2.95. The summed E-state index contributed by atoms with van der Waals surface area (Å²) in [4.78, 5) is 2.51. The van der Waals surface area contributed by atoms with Crippen LogP contribution in [0.3, 0.4) is 0 Å². The number of hydrogen-bond donors (Lipinski definition) is 1. The van der Waals surface area contributed by atoms with Crippen molar-refractivity contribution in [2.75, 3.05) is 25.0 Å². The number of para-hydroxylation sites is 1. The molecule has 0 fully saturated rings. The van der Waals surface area contributed by atoms with Crippen LogP contribution >= 0.6 is 0 Å². The second-order valence-electron chi connectivity index (χ2n) is 5.68. The zero-order chi connectivity index (χ0) is 13.4. The van der Waals surface area contributed by atoms with E-state index in [0.29, 0.717) is 5.92 Å². The van der Waals surface area contributed by atoms with Crippen molar-refractivity contribution < 1.29 is 0 Å². The minimum absolute atomic E-state index is 0.627. The van der Waals surface area contributed by atoms with E-state index in [-0.39, 0.29) is 0 Å². The van der Waals surface area contributed by atoms with Gasteiger partial charge in [-0.3, -0.25) is 4.90 Å². The Labute approximate surface area is 118 Å². The Bertz CT molecular complexity index is 606. The van der Waals surface area contributed by atoms with E-state index >= 15 is 0 Å². The van der Waals surface area contributed by atoms with Crippen LogP contribution in [-0.4, -0.2) is 39.3 Å². The van der Waals surface area contributed by atoms with Gasteiger partial charge in [-0.15, -0.1) is 10.2 Å². The van der Waals surface area contributed by atoms with E-state index in [9.17, 15) is 0 Å². The van der Waals surface area contributed by atoms with Crippen LogP contribution in [0.4, 0.5) is 5.69 Å². The number of rotatable bonds is 2. The minimum Gasteiger partial charge on any atom is -0.385 e. The molecule has 1 N–H and O–H groups in total. The Morgan fingerprint density at radius 1 is 1.25 bits per heavy atom. The first-order chi connectivity index (χ1) is 9.90. The molecular weight excluding hydrogens is 250 g/mol. The van der Waals surface area contributed by atoms with Gasteiger partial charge in [0, 0.05) is 37.8 Å². The maximum atomic E-state index is 4.20. The fraction of sp³-hybridized carbons (Fsp3) is 0.467. The van der Waals surface area contributed by atoms with Crippen LogP contribution in [-0.2, 0) is 13.1 Å². The lowest BCUT2D eigenvalue weighted by Crippen LogP contribution is -2.37. The van der Waals surface area contributed by atoms with Crippen molar-refractivity contribution in [1.82, 2.24) is 19.7 Å². The summed E-state index contributed by atoms with van der Waals surface area (Å²) in [5.41, 5.74) is 2.77. The van der Waals surface area contributed by atoms with Gasteiger partial charge >= 0.3 is 0 Å². The van der Waals surface area contributed by atoms with Gasteiger partial charge in [0.25, 0.3) is 0 Å². The number of nitrogens with one attached hydrogen (secondary N) is 1. The quantitative estimate of drug-likeness (QED) is 0.901. The Hall–Kier alpha value is -1.88. The number of anilines is 1. The van der Waals surface area contributed by atoms with Gasteiger partial charge in [0.15, 0.2) is 0 Å². The van der Waals surface area contributed by atoms with Gasteiger partial charge in [-0.25, -0.2) is 0 Å². The summed E-state index contributed by atoms with van der Waals surface area (Å²) in [6.45, 7) is 5.22. The molecule has 2 aliphatic rings. The fourth-order valence-electron chi connectivity index (χ4n) is 3.32. The normalized spacial score (nSPS) is 21.9. The molecule has 4 rings (SSSR count). The van der Waals surface area contributed by atoms with Crippen molar-refractivity contribution in [2.45, 2.75) is 25.4 Å². The van der Waals surface area contributed by atoms with E-state index in [1.807, 2.05) is 6.33 Å². The second kappa shape index (κ2) is 4.90. The fourth-order valence-corrected chi connectivity index (χ4v) is 3.32. The number of benzene rings is 1. The number of fused-ring (bicyclic) bond motifs is 2. The van der Waals surface area contributed by atoms with Gasteiger partial charge in [-0.05, 0) is 18.1 Å². The lowest BCUT2D eigenvalue weighted by atomic mass is 9.90. The molecule has 104 valence electrons. The van der Waals surface area contributed by atoms with Crippen molar-refractivity contribution in [3.05, 3.63) is 42.0 Å². The minimum atomic E-state index is 0.627. The Balaban J connectivity index is 1.51. The number of nitrogens with zero attached hydrogens (tertiary/aromatic N) is 4. The summed E-state index contributed by atoms with van der Waals surface area (Å²) in [5.74, 6) is 1.72. The monoisotopic (exact) mass is 269 g/mol. The zero-order valence-electron chi connectivity index (χ0n) is 11.5. The smallest absolute Gasteiger partial charge is 0.147 e. The van der Waals surface area contributed by atoms with Crippen LogP contribution in [0.5, 0.6) is 0 Å². The molecule has 2 aromatic rings. The van der Waals surface area contributed by atoms with Crippen molar-refractivity contribution >= 4 is 5.69 Å². The summed E-state index contributed by atoms with van der Waals surface area (Å²) in [6.07, 6.45) is 3.05. The molecule has 5 heteroatoms. The first-order valence-corrected chi connectivity index (χ1v) is 7.32. The molecule has 3 heterocycles. The third-order valence-electron chi connectivity index (χ3n) is 4.41. The van der Waals surface area contributed by atoms with Crippen molar-refractivity contribution in [2.24, 2.45) is 0 Å². The molecule has 5 nitrogen and oxygen atoms in total. The van der Waals surface area contributed by atoms with Crippen LogP contribution in [0, 0.1) is 0 Å². The number of aromatic nitrogens is 3. The third kappa shape index (κ3) is 2.08. The summed E-state index contributed by atoms with van der Waals surface area (Å²) < 4.78 is 2.16. The molecule has 0 aliphatic carbocycles. The summed E-state index contributed by atoms with van der Waals surface area (Å²) in [7, 11) is 0. The van der Waals surface area contributed by atoms with Crippen LogP contribution in [0.25, 0.3) is 0 Å². The number of hydrogen-bond acceptors (Lipinski definition) is 4. The van der Waals surface area contributed by atoms with E-state index < -0.39 is 0 Å². The highest BCUT2D eigenvalue weighted by atomic mass is 15.3. The Kier molecular flexibility index (Phi) is 2.92. The van der Waals surface area contributed by atoms with Crippen molar-refractivity contribution in [3.63, 3.8) is 0 Å². The second-order valence-corrected chi connectivity index (χ2v) is 5.68. The molecule has 2 aliphatic heterocycles. The van der Waals surface area contributed by atoms with Crippen molar-refractivity contribution in [3.8, 4) is 0 Å². The molecule has 1 unspecified atom stereocenters. The molecule has 0 saturated heterocycles. The van der Waals surface area contributed by atoms with Gasteiger partial charge in [0.2, 0.25) is 0 Å². The summed E-state index contributed by atoms with van der Waals surface area (Å²) in [6, 6.07) is 8.70. The lowest BCUT2D eigenvalue weighted by molar-refractivity contribution is 0.201. The van der Waals surface area contributed by atoms with E-state index in [2.05, 4.69) is 49.2 Å². The SMILES string of the molecule is c1ccc2c(c1)NCCC2CN1CCn2cnnc2C1. The van der Waals surface area contributed by atoms with E-state index in [1.165, 1.54) is 17.7 Å². The first kappa shape index (κ1) is 11.9. The molecule has 20 heavy (non-hydrogen) atoms. The maximum absolute atomic E-state index is 4.20. The highest BCUT2D eigenvalue weighted by molar-refractivity contribution is 5.54. The van der Waals surface area contributed by atoms with E-state index in [0.717, 1.165) is 38.5 Å². The summed E-state index contributed by atoms with van der Waals surface area (Å²) >= 11 is 0. The topological polar surface area (TPSA) is 46.0 Å². The van der Waals surface area contributed by atoms with Gasteiger partial charge in [-0.1, -0.05) is 18.2 Å². The average molecular weight is 269 g/mol. The third-order valence-corrected chi connectivity index (χ3v) is 4.41. The lowest BCUT2D eigenvalue weighted by Gasteiger charge is -2.33. The summed E-state index contributed by atoms with van der Waals surface area (Å²) in [5, 5.41) is 11.7. The van der Waals surface area contributed by atoms with E-state index in [1.54, 1.807) is 0 Å². The zero-order valence-corrected chi connectivity index (χ0v) is 11.5. The van der Waals surface area contributed by atoms with E-state index in [4.69, 9.17) is 0 Å². The molecule has 0 saturated carbocycles. The first-order valence-electron chi connectivity index (χ1n) is 7.32. The van der Waals surface area contributed by atoms with Gasteiger partial charge in [0.05, 0.1) is 6.54 Å². The molecule has 0 amide bonds. The standard InChI is InChI=1S/C15H19N5/c1-2-4-14-13(3-1)12(5-6-16-14)9-19-7-8-20-11-17-18-15(20)10-19/h1-4,11-12,16H,5-10H2. The Morgan fingerprint density at radius 3 is 3.20 bits per heavy atom. The van der Waals surface area contributed by atoms with Crippen LogP contribution in [0.2, 0.25) is 0 Å². The molecule has 1 atom stereocenters. The molecule has 1 aromatic carbocycles. The van der Waals surface area contributed by atoms with Gasteiger partial charge in [0.1, 0.15) is 12.2 Å². The molecule has 0 bridgehead atoms. The molecular formula is C15H19N5. The van der Waals surface area contributed by atoms with Gasteiger partial charge < -0.3 is 9.88 Å². The van der Waals surface area contributed by atoms with Crippen molar-refractivity contribution in [1.29, 1.82) is 0 Å². The Morgan fingerprint density at radius 2 is 2.20 bits per heavy atom. The highest BCUT2D eigenvalue weighted by Gasteiger charge is 2.24. The highest BCUT2D eigenvalue weighted by Crippen LogP contribution is 2.32.